The van der Waals surface area contributed by atoms with Crippen LogP contribution in [-0.4, -0.2) is 57.1 Å². The minimum absolute atomic E-state index is 0.0267. The summed E-state index contributed by atoms with van der Waals surface area (Å²) in [4.78, 5) is 48.1. The molecule has 0 aliphatic heterocycles. The molecule has 0 spiro atoms. The van der Waals surface area contributed by atoms with Gasteiger partial charge in [-0.2, -0.15) is 11.8 Å². The van der Waals surface area contributed by atoms with E-state index in [4.69, 9.17) is 5.11 Å². The minimum Gasteiger partial charge on any atom is -0.481 e. The summed E-state index contributed by atoms with van der Waals surface area (Å²) in [7, 11) is 0. The van der Waals surface area contributed by atoms with Gasteiger partial charge in [0.05, 0.1) is 11.8 Å². The normalized spacial score (nSPS) is 13.7. The van der Waals surface area contributed by atoms with Gasteiger partial charge in [-0.1, -0.05) is 39.5 Å². The van der Waals surface area contributed by atoms with Crippen molar-refractivity contribution in [3.05, 3.63) is 0 Å². The van der Waals surface area contributed by atoms with E-state index in [-0.39, 0.29) is 23.5 Å². The quantitative estimate of drug-likeness (QED) is 0.134. The van der Waals surface area contributed by atoms with E-state index in [0.717, 1.165) is 25.7 Å². The van der Waals surface area contributed by atoms with Crippen molar-refractivity contribution in [1.29, 1.82) is 0 Å². The topological polar surface area (TPSA) is 133 Å². The van der Waals surface area contributed by atoms with Crippen molar-refractivity contribution in [1.82, 2.24) is 10.6 Å². The van der Waals surface area contributed by atoms with Crippen LogP contribution in [0.3, 0.4) is 0 Å². The van der Waals surface area contributed by atoms with Crippen LogP contribution in [0.5, 0.6) is 0 Å². The Balaban J connectivity index is 4.89. The van der Waals surface area contributed by atoms with Crippen LogP contribution in [0, 0.1) is 11.3 Å². The number of nitrogens with one attached hydrogen (secondary N) is 2. The van der Waals surface area contributed by atoms with Crippen LogP contribution in [0.1, 0.15) is 106 Å². The van der Waals surface area contributed by atoms with Crippen molar-refractivity contribution >= 4 is 35.5 Å². The fraction of sp³-hybridized carbons (Fsp3) is 0.846. The minimum atomic E-state index is -0.838. The van der Waals surface area contributed by atoms with Gasteiger partial charge in [0.1, 0.15) is 5.92 Å². The maximum absolute atomic E-state index is 13.1. The number of carbonyl (C=O) groups excluding carboxylic acids is 2. The molecule has 0 aromatic rings. The smallest absolute Gasteiger partial charge is 0.309 e. The Morgan fingerprint density at radius 2 is 1.51 bits per heavy atom. The zero-order valence-corrected chi connectivity index (χ0v) is 23.4. The third kappa shape index (κ3) is 15.8. The van der Waals surface area contributed by atoms with E-state index in [2.05, 4.69) is 17.6 Å². The second kappa shape index (κ2) is 16.8. The monoisotopic (exact) mass is 516 g/mol. The van der Waals surface area contributed by atoms with Gasteiger partial charge >= 0.3 is 11.9 Å². The first kappa shape index (κ1) is 33.2. The SMILES string of the molecule is CCCCCC(C)(C)NC(=O)C(CCCSC(C)CC(=O)O)C(=O)NCCCCC(C)(C)C(=O)O. The largest absolute Gasteiger partial charge is 0.481 e. The molecule has 4 N–H and O–H groups in total. The Kier molecular flexibility index (Phi) is 16.0. The van der Waals surface area contributed by atoms with Crippen LogP contribution in [0.2, 0.25) is 0 Å². The van der Waals surface area contributed by atoms with Crippen LogP contribution in [-0.2, 0) is 19.2 Å². The fourth-order valence-corrected chi connectivity index (χ4v) is 4.69. The van der Waals surface area contributed by atoms with Crippen molar-refractivity contribution in [2.75, 3.05) is 12.3 Å². The van der Waals surface area contributed by atoms with E-state index < -0.39 is 28.8 Å². The summed E-state index contributed by atoms with van der Waals surface area (Å²) in [5.74, 6) is -2.40. The van der Waals surface area contributed by atoms with Gasteiger partial charge < -0.3 is 20.8 Å². The van der Waals surface area contributed by atoms with Crippen LogP contribution >= 0.6 is 11.8 Å². The van der Waals surface area contributed by atoms with E-state index in [1.807, 2.05) is 20.8 Å². The fourth-order valence-electron chi connectivity index (χ4n) is 3.69. The molecule has 0 fully saturated rings. The van der Waals surface area contributed by atoms with Gasteiger partial charge in [-0.15, -0.1) is 0 Å². The number of unbranched alkanes of at least 4 members (excludes halogenated alkanes) is 3. The highest BCUT2D eigenvalue weighted by Gasteiger charge is 2.30. The maximum Gasteiger partial charge on any atom is 0.309 e. The highest BCUT2D eigenvalue weighted by molar-refractivity contribution is 7.99. The number of aliphatic carboxylic acids is 2. The Morgan fingerprint density at radius 3 is 2.09 bits per heavy atom. The van der Waals surface area contributed by atoms with E-state index in [9.17, 15) is 24.3 Å². The maximum atomic E-state index is 13.1. The first-order valence-corrected chi connectivity index (χ1v) is 13.9. The molecule has 0 aliphatic rings. The van der Waals surface area contributed by atoms with Gasteiger partial charge in [-0.25, -0.2) is 0 Å². The number of thioether (sulfide) groups is 1. The molecule has 0 heterocycles. The second-order valence-corrected chi connectivity index (χ2v) is 12.3. The summed E-state index contributed by atoms with van der Waals surface area (Å²) in [6.07, 6.45) is 6.95. The molecule has 0 saturated heterocycles. The van der Waals surface area contributed by atoms with Crippen LogP contribution < -0.4 is 10.6 Å². The number of carbonyl (C=O) groups is 4. The lowest BCUT2D eigenvalue weighted by molar-refractivity contribution is -0.147. The first-order valence-electron chi connectivity index (χ1n) is 12.9. The Hall–Kier alpha value is -1.77. The second-order valence-electron chi connectivity index (χ2n) is 10.7. The van der Waals surface area contributed by atoms with Crippen molar-refractivity contribution < 1.29 is 29.4 Å². The van der Waals surface area contributed by atoms with Gasteiger partial charge in [0, 0.05) is 17.3 Å². The number of hydrogen-bond acceptors (Lipinski definition) is 5. The standard InChI is InChI=1S/C26H48N2O6S/c1-7-8-9-15-26(5,6)28-23(32)20(13-12-17-35-19(2)18-21(29)30)22(31)27-16-11-10-14-25(3,4)24(33)34/h19-20H,7-18H2,1-6H3,(H,27,31)(H,28,32)(H,29,30)(H,33,34). The van der Waals surface area contributed by atoms with Crippen LogP contribution in [0.4, 0.5) is 0 Å². The summed E-state index contributed by atoms with van der Waals surface area (Å²) in [6, 6.07) is 0. The van der Waals surface area contributed by atoms with Gasteiger partial charge in [0.2, 0.25) is 11.8 Å². The molecular formula is C26H48N2O6S. The van der Waals surface area contributed by atoms with Crippen molar-refractivity contribution in [2.24, 2.45) is 11.3 Å². The van der Waals surface area contributed by atoms with Crippen molar-refractivity contribution in [2.45, 2.75) is 117 Å². The highest BCUT2D eigenvalue weighted by atomic mass is 32.2. The molecule has 2 unspecified atom stereocenters. The van der Waals surface area contributed by atoms with Gasteiger partial charge in [-0.3, -0.25) is 19.2 Å². The molecule has 204 valence electrons. The van der Waals surface area contributed by atoms with E-state index in [0.29, 0.717) is 44.4 Å². The predicted octanol–water partition coefficient (Wildman–Crippen LogP) is 4.85. The lowest BCUT2D eigenvalue weighted by atomic mass is 9.87. The molecule has 2 atom stereocenters. The summed E-state index contributed by atoms with van der Waals surface area (Å²) < 4.78 is 0. The summed E-state index contributed by atoms with van der Waals surface area (Å²) >= 11 is 1.53. The zero-order chi connectivity index (χ0) is 27.1. The molecule has 9 heteroatoms. The summed E-state index contributed by atoms with van der Waals surface area (Å²) in [6.45, 7) is 11.7. The lowest BCUT2D eigenvalue weighted by Crippen LogP contribution is -2.49. The average Bonchev–Trinajstić information content (AvgIpc) is 2.72. The molecular weight excluding hydrogens is 468 g/mol. The average molecular weight is 517 g/mol. The van der Waals surface area contributed by atoms with Crippen LogP contribution in [0.25, 0.3) is 0 Å². The van der Waals surface area contributed by atoms with Gasteiger partial charge in [-0.05, 0) is 65.6 Å². The van der Waals surface area contributed by atoms with Gasteiger partial charge in [0.15, 0.2) is 0 Å². The molecule has 2 amide bonds. The van der Waals surface area contributed by atoms with Crippen molar-refractivity contribution in [3.63, 3.8) is 0 Å². The zero-order valence-electron chi connectivity index (χ0n) is 22.6. The van der Waals surface area contributed by atoms with E-state index in [1.165, 1.54) is 11.8 Å². The molecule has 0 saturated carbocycles. The highest BCUT2D eigenvalue weighted by Crippen LogP contribution is 2.23. The third-order valence-electron chi connectivity index (χ3n) is 6.11. The molecule has 8 nitrogen and oxygen atoms in total. The molecule has 0 aliphatic carbocycles. The molecule has 0 radical (unpaired) electrons. The third-order valence-corrected chi connectivity index (χ3v) is 7.37. The molecule has 0 bridgehead atoms. The van der Waals surface area contributed by atoms with E-state index >= 15 is 0 Å². The Labute approximate surface area is 215 Å². The number of hydrogen-bond donors (Lipinski definition) is 4. The first-order chi connectivity index (χ1) is 16.2. The molecule has 0 rings (SSSR count). The van der Waals surface area contributed by atoms with Crippen molar-refractivity contribution in [3.8, 4) is 0 Å². The number of rotatable bonds is 20. The van der Waals surface area contributed by atoms with Crippen LogP contribution in [0.15, 0.2) is 0 Å². The Morgan fingerprint density at radius 1 is 0.886 bits per heavy atom. The molecule has 35 heavy (non-hydrogen) atoms. The van der Waals surface area contributed by atoms with E-state index in [1.54, 1.807) is 13.8 Å². The number of carboxylic acid groups (broad SMARTS) is 2. The summed E-state index contributed by atoms with van der Waals surface area (Å²) in [5.41, 5.74) is -1.21. The summed E-state index contributed by atoms with van der Waals surface area (Å²) in [5, 5.41) is 24.0. The van der Waals surface area contributed by atoms with Gasteiger partial charge in [0.25, 0.3) is 0 Å². The molecule has 0 aromatic carbocycles. The number of carboxylic acids is 2. The Bertz CT molecular complexity index is 681. The number of amides is 2. The predicted molar refractivity (Wildman–Crippen MR) is 142 cm³/mol. The molecule has 0 aromatic heterocycles. The lowest BCUT2D eigenvalue weighted by Gasteiger charge is -2.29.